The minimum absolute atomic E-state index is 0.130. The van der Waals surface area contributed by atoms with Crippen LogP contribution in [-0.4, -0.2) is 24.5 Å². The van der Waals surface area contributed by atoms with Crippen LogP contribution in [-0.2, 0) is 9.53 Å². The average Bonchev–Trinajstić information content (AvgIpc) is 1.97. The highest BCUT2D eigenvalue weighted by Gasteiger charge is 2.14. The van der Waals surface area contributed by atoms with Crippen molar-refractivity contribution in [1.29, 1.82) is 0 Å². The summed E-state index contributed by atoms with van der Waals surface area (Å²) < 4.78 is 4.79. The van der Waals surface area contributed by atoms with Gasteiger partial charge in [-0.3, -0.25) is 0 Å². The highest BCUT2D eigenvalue weighted by Crippen LogP contribution is 1.99. The van der Waals surface area contributed by atoms with E-state index in [9.17, 15) is 9.59 Å². The molecule has 4 heteroatoms. The first kappa shape index (κ1) is 11.9. The Morgan fingerprint density at radius 2 is 2.08 bits per heavy atom. The van der Waals surface area contributed by atoms with Gasteiger partial charge < -0.3 is 14.8 Å². The molecule has 0 aromatic heterocycles. The zero-order chi connectivity index (χ0) is 10.5. The van der Waals surface area contributed by atoms with Gasteiger partial charge in [0.2, 0.25) is 0 Å². The monoisotopic (exact) mass is 187 g/mol. The Bertz CT molecular complexity index is 184. The molecule has 0 aliphatic rings. The summed E-state index contributed by atoms with van der Waals surface area (Å²) in [6.07, 6.45) is 0.269. The first-order valence-electron chi connectivity index (χ1n) is 4.25. The maximum atomic E-state index is 11.0. The van der Waals surface area contributed by atoms with Gasteiger partial charge in [0, 0.05) is 11.5 Å². The fourth-order valence-electron chi connectivity index (χ4n) is 0.589. The summed E-state index contributed by atoms with van der Waals surface area (Å²) in [5.74, 6) is -0.245. The molecule has 0 aliphatic heterocycles. The molecule has 1 amide bonds. The summed E-state index contributed by atoms with van der Waals surface area (Å²) >= 11 is 0. The number of hydrogen-bond acceptors (Lipinski definition) is 3. The molecule has 0 aliphatic carbocycles. The van der Waals surface area contributed by atoms with E-state index in [1.54, 1.807) is 6.92 Å². The number of ether oxygens (including phenoxy) is 1. The summed E-state index contributed by atoms with van der Waals surface area (Å²) in [5, 5.41) is 2.62. The van der Waals surface area contributed by atoms with E-state index in [4.69, 9.17) is 4.74 Å². The Balaban J connectivity index is 3.70. The van der Waals surface area contributed by atoms with Gasteiger partial charge in [0.25, 0.3) is 0 Å². The average molecular weight is 187 g/mol. The number of alkyl carbamates (subject to hydrolysis) is 1. The molecule has 0 heterocycles. The Kier molecular flexibility index (Phi) is 4.45. The molecule has 0 spiro atoms. The van der Waals surface area contributed by atoms with E-state index in [-0.39, 0.29) is 18.1 Å². The SMILES string of the molecule is CC(C=O)COC(=O)NC(C)(C)C. The second kappa shape index (κ2) is 4.84. The molecule has 0 aromatic rings. The number of nitrogens with one attached hydrogen (secondary N) is 1. The van der Waals surface area contributed by atoms with Crippen molar-refractivity contribution in [3.8, 4) is 0 Å². The lowest BCUT2D eigenvalue weighted by Gasteiger charge is -2.20. The summed E-state index contributed by atoms with van der Waals surface area (Å²) in [5.41, 5.74) is -0.304. The van der Waals surface area contributed by atoms with Crippen molar-refractivity contribution in [3.05, 3.63) is 0 Å². The summed E-state index contributed by atoms with van der Waals surface area (Å²) in [4.78, 5) is 21.2. The predicted octanol–water partition coefficient (Wildman–Crippen LogP) is 1.35. The van der Waals surface area contributed by atoms with E-state index >= 15 is 0 Å². The largest absolute Gasteiger partial charge is 0.449 e. The number of hydrogen-bond donors (Lipinski definition) is 1. The Hall–Kier alpha value is -1.06. The van der Waals surface area contributed by atoms with Crippen LogP contribution in [0.2, 0.25) is 0 Å². The first-order chi connectivity index (χ1) is 5.85. The fourth-order valence-corrected chi connectivity index (χ4v) is 0.589. The molecular weight excluding hydrogens is 170 g/mol. The van der Waals surface area contributed by atoms with Gasteiger partial charge in [-0.05, 0) is 20.8 Å². The minimum atomic E-state index is -0.485. The molecule has 0 radical (unpaired) electrons. The molecule has 76 valence electrons. The van der Waals surface area contributed by atoms with Crippen LogP contribution in [0.4, 0.5) is 4.79 Å². The molecule has 0 bridgehead atoms. The maximum absolute atomic E-state index is 11.0. The van der Waals surface area contributed by atoms with E-state index in [0.717, 1.165) is 6.29 Å². The molecule has 1 atom stereocenters. The van der Waals surface area contributed by atoms with Crippen LogP contribution in [0.3, 0.4) is 0 Å². The molecular formula is C9H17NO3. The lowest BCUT2D eigenvalue weighted by molar-refractivity contribution is -0.111. The molecule has 0 saturated heterocycles. The van der Waals surface area contributed by atoms with Crippen molar-refractivity contribution in [3.63, 3.8) is 0 Å². The minimum Gasteiger partial charge on any atom is -0.449 e. The van der Waals surface area contributed by atoms with E-state index in [1.807, 2.05) is 20.8 Å². The molecule has 0 aromatic carbocycles. The van der Waals surface area contributed by atoms with E-state index < -0.39 is 6.09 Å². The fraction of sp³-hybridized carbons (Fsp3) is 0.778. The zero-order valence-electron chi connectivity index (χ0n) is 8.59. The number of aldehydes is 1. The van der Waals surface area contributed by atoms with E-state index in [0.29, 0.717) is 0 Å². The Morgan fingerprint density at radius 1 is 1.54 bits per heavy atom. The predicted molar refractivity (Wildman–Crippen MR) is 49.5 cm³/mol. The lowest BCUT2D eigenvalue weighted by atomic mass is 10.1. The van der Waals surface area contributed by atoms with Crippen molar-refractivity contribution in [1.82, 2.24) is 5.32 Å². The third-order valence-corrected chi connectivity index (χ3v) is 1.19. The second-order valence-corrected chi connectivity index (χ2v) is 4.09. The quantitative estimate of drug-likeness (QED) is 0.678. The van der Waals surface area contributed by atoms with Crippen LogP contribution in [0.1, 0.15) is 27.7 Å². The topological polar surface area (TPSA) is 55.4 Å². The smallest absolute Gasteiger partial charge is 0.407 e. The summed E-state index contributed by atoms with van der Waals surface area (Å²) in [7, 11) is 0. The van der Waals surface area contributed by atoms with Crippen LogP contribution in [0.15, 0.2) is 0 Å². The first-order valence-corrected chi connectivity index (χ1v) is 4.25. The van der Waals surface area contributed by atoms with Gasteiger partial charge in [-0.15, -0.1) is 0 Å². The Morgan fingerprint density at radius 3 is 2.46 bits per heavy atom. The highest BCUT2D eigenvalue weighted by atomic mass is 16.5. The van der Waals surface area contributed by atoms with Crippen molar-refractivity contribution >= 4 is 12.4 Å². The van der Waals surface area contributed by atoms with Crippen LogP contribution in [0.25, 0.3) is 0 Å². The summed E-state index contributed by atoms with van der Waals surface area (Å²) in [6.45, 7) is 7.40. The third-order valence-electron chi connectivity index (χ3n) is 1.19. The standard InChI is InChI=1S/C9H17NO3/c1-7(5-11)6-13-8(12)10-9(2,3)4/h5,7H,6H2,1-4H3,(H,10,12). The normalized spacial score (nSPS) is 13.2. The molecule has 1 N–H and O–H groups in total. The molecule has 13 heavy (non-hydrogen) atoms. The van der Waals surface area contributed by atoms with Gasteiger partial charge in [0.1, 0.15) is 12.9 Å². The number of carbonyl (C=O) groups is 2. The number of rotatable bonds is 3. The van der Waals surface area contributed by atoms with Gasteiger partial charge >= 0.3 is 6.09 Å². The van der Waals surface area contributed by atoms with E-state index in [1.165, 1.54) is 0 Å². The van der Waals surface area contributed by atoms with Crippen LogP contribution in [0.5, 0.6) is 0 Å². The summed E-state index contributed by atoms with van der Waals surface area (Å²) in [6, 6.07) is 0. The number of carbonyl (C=O) groups excluding carboxylic acids is 2. The van der Waals surface area contributed by atoms with Crippen molar-refractivity contribution in [2.24, 2.45) is 5.92 Å². The molecule has 0 fully saturated rings. The third kappa shape index (κ3) is 7.31. The van der Waals surface area contributed by atoms with Crippen molar-refractivity contribution in [2.75, 3.05) is 6.61 Å². The van der Waals surface area contributed by atoms with Gasteiger partial charge in [0.15, 0.2) is 0 Å². The van der Waals surface area contributed by atoms with Gasteiger partial charge in [0.05, 0.1) is 0 Å². The van der Waals surface area contributed by atoms with Crippen LogP contribution in [0, 0.1) is 5.92 Å². The number of amides is 1. The zero-order valence-corrected chi connectivity index (χ0v) is 8.59. The van der Waals surface area contributed by atoms with E-state index in [2.05, 4.69) is 5.32 Å². The van der Waals surface area contributed by atoms with Crippen molar-refractivity contribution in [2.45, 2.75) is 33.2 Å². The highest BCUT2D eigenvalue weighted by molar-refractivity contribution is 5.68. The van der Waals surface area contributed by atoms with Gasteiger partial charge in [-0.25, -0.2) is 4.79 Å². The maximum Gasteiger partial charge on any atom is 0.407 e. The van der Waals surface area contributed by atoms with Crippen molar-refractivity contribution < 1.29 is 14.3 Å². The molecule has 1 unspecified atom stereocenters. The molecule has 0 saturated carbocycles. The second-order valence-electron chi connectivity index (χ2n) is 4.09. The lowest BCUT2D eigenvalue weighted by Crippen LogP contribution is -2.41. The Labute approximate surface area is 78.6 Å². The van der Waals surface area contributed by atoms with Gasteiger partial charge in [-0.1, -0.05) is 6.92 Å². The van der Waals surface area contributed by atoms with Gasteiger partial charge in [-0.2, -0.15) is 0 Å². The van der Waals surface area contributed by atoms with Crippen LogP contribution < -0.4 is 5.32 Å². The molecule has 0 rings (SSSR count). The molecule has 4 nitrogen and oxygen atoms in total. The van der Waals surface area contributed by atoms with Crippen LogP contribution >= 0.6 is 0 Å².